The second-order valence-electron chi connectivity index (χ2n) is 2.46. The fourth-order valence-corrected chi connectivity index (χ4v) is 1.56. The number of nitriles is 1. The SMILES string of the molecule is Cc1ccc(S(=O)CC#N)cc1. The molecule has 0 bridgehead atoms. The van der Waals surface area contributed by atoms with E-state index in [1.165, 1.54) is 0 Å². The highest BCUT2D eigenvalue weighted by Gasteiger charge is 2.00. The molecule has 0 saturated carbocycles. The summed E-state index contributed by atoms with van der Waals surface area (Å²) in [5, 5.41) is 8.31. The molecule has 0 heterocycles. The zero-order valence-electron chi connectivity index (χ0n) is 6.78. The minimum Gasteiger partial charge on any atom is -0.253 e. The lowest BCUT2D eigenvalue weighted by atomic mass is 10.2. The van der Waals surface area contributed by atoms with Crippen molar-refractivity contribution in [1.82, 2.24) is 0 Å². The Labute approximate surface area is 74.3 Å². The second kappa shape index (κ2) is 4.03. The van der Waals surface area contributed by atoms with Crippen LogP contribution in [0.1, 0.15) is 5.56 Å². The van der Waals surface area contributed by atoms with Gasteiger partial charge in [0, 0.05) is 4.90 Å². The van der Waals surface area contributed by atoms with E-state index in [4.69, 9.17) is 5.26 Å². The number of rotatable bonds is 2. The number of nitrogens with zero attached hydrogens (tertiary/aromatic N) is 1. The third kappa shape index (κ3) is 2.18. The van der Waals surface area contributed by atoms with Gasteiger partial charge in [0.05, 0.1) is 16.9 Å². The van der Waals surface area contributed by atoms with Gasteiger partial charge in [-0.1, -0.05) is 17.7 Å². The van der Waals surface area contributed by atoms with E-state index >= 15 is 0 Å². The van der Waals surface area contributed by atoms with E-state index in [1.807, 2.05) is 25.1 Å². The van der Waals surface area contributed by atoms with Crippen LogP contribution in [0.2, 0.25) is 0 Å². The van der Waals surface area contributed by atoms with Crippen molar-refractivity contribution >= 4 is 10.8 Å². The van der Waals surface area contributed by atoms with Crippen molar-refractivity contribution < 1.29 is 4.21 Å². The van der Waals surface area contributed by atoms with Gasteiger partial charge >= 0.3 is 0 Å². The Morgan fingerprint density at radius 2 is 2.00 bits per heavy atom. The third-order valence-electron chi connectivity index (χ3n) is 1.48. The largest absolute Gasteiger partial charge is 0.253 e. The van der Waals surface area contributed by atoms with Crippen molar-refractivity contribution in [3.63, 3.8) is 0 Å². The third-order valence-corrected chi connectivity index (χ3v) is 2.67. The van der Waals surface area contributed by atoms with Gasteiger partial charge < -0.3 is 0 Å². The summed E-state index contributed by atoms with van der Waals surface area (Å²) >= 11 is 0. The molecule has 1 atom stereocenters. The summed E-state index contributed by atoms with van der Waals surface area (Å²) in [6.45, 7) is 1.97. The van der Waals surface area contributed by atoms with Crippen molar-refractivity contribution in [2.75, 3.05) is 5.75 Å². The molecule has 0 aliphatic heterocycles. The number of hydrogen-bond donors (Lipinski definition) is 0. The van der Waals surface area contributed by atoms with Crippen molar-refractivity contribution in [2.45, 2.75) is 11.8 Å². The first-order valence-electron chi connectivity index (χ1n) is 3.56. The molecule has 1 aromatic rings. The average molecular weight is 179 g/mol. The Morgan fingerprint density at radius 3 is 2.50 bits per heavy atom. The van der Waals surface area contributed by atoms with Crippen LogP contribution in [0, 0.1) is 18.3 Å². The maximum absolute atomic E-state index is 11.2. The molecule has 0 aliphatic rings. The van der Waals surface area contributed by atoms with Gasteiger partial charge in [-0.25, -0.2) is 0 Å². The first kappa shape index (κ1) is 8.95. The topological polar surface area (TPSA) is 40.9 Å². The van der Waals surface area contributed by atoms with Crippen LogP contribution in [0.25, 0.3) is 0 Å². The molecule has 2 nitrogen and oxygen atoms in total. The molecule has 0 amide bonds. The summed E-state index contributed by atoms with van der Waals surface area (Å²) in [4.78, 5) is 0.724. The van der Waals surface area contributed by atoms with Crippen LogP contribution in [-0.2, 0) is 10.8 Å². The standard InChI is InChI=1S/C9H9NOS/c1-8-2-4-9(5-3-8)12(11)7-6-10/h2-5H,7H2,1H3. The molecule has 0 fully saturated rings. The summed E-state index contributed by atoms with van der Waals surface area (Å²) in [6.07, 6.45) is 0. The van der Waals surface area contributed by atoms with Crippen LogP contribution in [0.3, 0.4) is 0 Å². The second-order valence-corrected chi connectivity index (χ2v) is 3.91. The lowest BCUT2D eigenvalue weighted by molar-refractivity contribution is 0.685. The zero-order valence-corrected chi connectivity index (χ0v) is 7.60. The summed E-state index contributed by atoms with van der Waals surface area (Å²) in [5.41, 5.74) is 1.13. The first-order chi connectivity index (χ1) is 5.74. The van der Waals surface area contributed by atoms with E-state index in [-0.39, 0.29) is 5.75 Å². The molecule has 0 aliphatic carbocycles. The van der Waals surface area contributed by atoms with Crippen LogP contribution in [0.15, 0.2) is 29.2 Å². The zero-order chi connectivity index (χ0) is 8.97. The van der Waals surface area contributed by atoms with Gasteiger partial charge in [0.2, 0.25) is 0 Å². The van der Waals surface area contributed by atoms with Crippen molar-refractivity contribution in [1.29, 1.82) is 5.26 Å². The lowest BCUT2D eigenvalue weighted by Crippen LogP contribution is -1.94. The molecule has 0 spiro atoms. The average Bonchev–Trinajstić information content (AvgIpc) is 2.06. The Kier molecular flexibility index (Phi) is 3.01. The Morgan fingerprint density at radius 1 is 1.42 bits per heavy atom. The summed E-state index contributed by atoms with van der Waals surface area (Å²) in [7, 11) is -1.15. The van der Waals surface area contributed by atoms with E-state index in [0.717, 1.165) is 10.5 Å². The van der Waals surface area contributed by atoms with E-state index in [0.29, 0.717) is 0 Å². The van der Waals surface area contributed by atoms with Gasteiger partial charge in [-0.05, 0) is 19.1 Å². The molecule has 12 heavy (non-hydrogen) atoms. The Bertz CT molecular complexity index is 323. The van der Waals surface area contributed by atoms with E-state index in [1.54, 1.807) is 12.1 Å². The lowest BCUT2D eigenvalue weighted by Gasteiger charge is -1.97. The van der Waals surface area contributed by atoms with Crippen LogP contribution >= 0.6 is 0 Å². The monoisotopic (exact) mass is 179 g/mol. The predicted octanol–water partition coefficient (Wildman–Crippen LogP) is 1.63. The van der Waals surface area contributed by atoms with E-state index in [9.17, 15) is 4.21 Å². The van der Waals surface area contributed by atoms with Crippen LogP contribution in [-0.4, -0.2) is 9.96 Å². The molecule has 62 valence electrons. The van der Waals surface area contributed by atoms with Gasteiger partial charge in [-0.3, -0.25) is 4.21 Å². The number of benzene rings is 1. The molecule has 0 N–H and O–H groups in total. The van der Waals surface area contributed by atoms with E-state index < -0.39 is 10.8 Å². The molecular weight excluding hydrogens is 170 g/mol. The molecule has 3 heteroatoms. The van der Waals surface area contributed by atoms with Gasteiger partial charge in [-0.15, -0.1) is 0 Å². The fraction of sp³-hybridized carbons (Fsp3) is 0.222. The van der Waals surface area contributed by atoms with Gasteiger partial charge in [-0.2, -0.15) is 5.26 Å². The molecule has 0 aromatic heterocycles. The Balaban J connectivity index is 2.84. The maximum atomic E-state index is 11.2. The smallest absolute Gasteiger partial charge is 0.115 e. The van der Waals surface area contributed by atoms with E-state index in [2.05, 4.69) is 0 Å². The minimum absolute atomic E-state index is 0.0725. The van der Waals surface area contributed by atoms with Crippen molar-refractivity contribution in [3.05, 3.63) is 29.8 Å². The molecule has 0 radical (unpaired) electrons. The molecule has 1 rings (SSSR count). The fourth-order valence-electron chi connectivity index (χ4n) is 0.832. The molecule has 1 aromatic carbocycles. The first-order valence-corrected chi connectivity index (χ1v) is 4.88. The highest BCUT2D eigenvalue weighted by Crippen LogP contribution is 2.07. The molecule has 0 saturated heterocycles. The molecular formula is C9H9NOS. The quantitative estimate of drug-likeness (QED) is 0.692. The van der Waals surface area contributed by atoms with Gasteiger partial charge in [0.1, 0.15) is 5.75 Å². The minimum atomic E-state index is -1.15. The summed E-state index contributed by atoms with van der Waals surface area (Å²) in [5.74, 6) is 0.0725. The number of hydrogen-bond acceptors (Lipinski definition) is 2. The number of aryl methyl sites for hydroxylation is 1. The Hall–Kier alpha value is -1.14. The van der Waals surface area contributed by atoms with Crippen molar-refractivity contribution in [2.24, 2.45) is 0 Å². The van der Waals surface area contributed by atoms with Crippen LogP contribution < -0.4 is 0 Å². The highest BCUT2D eigenvalue weighted by molar-refractivity contribution is 7.85. The van der Waals surface area contributed by atoms with Crippen molar-refractivity contribution in [3.8, 4) is 6.07 Å². The van der Waals surface area contributed by atoms with Gasteiger partial charge in [0.25, 0.3) is 0 Å². The highest BCUT2D eigenvalue weighted by atomic mass is 32.2. The predicted molar refractivity (Wildman–Crippen MR) is 48.1 cm³/mol. The molecule has 1 unspecified atom stereocenters. The van der Waals surface area contributed by atoms with Gasteiger partial charge in [0.15, 0.2) is 0 Å². The van der Waals surface area contributed by atoms with Crippen LogP contribution in [0.4, 0.5) is 0 Å². The normalized spacial score (nSPS) is 12.0. The summed E-state index contributed by atoms with van der Waals surface area (Å²) < 4.78 is 11.2. The van der Waals surface area contributed by atoms with Crippen LogP contribution in [0.5, 0.6) is 0 Å². The summed E-state index contributed by atoms with van der Waals surface area (Å²) in [6, 6.07) is 9.26. The maximum Gasteiger partial charge on any atom is 0.115 e.